The maximum absolute atomic E-state index is 6.19. The number of nitrogens with zero attached hydrogens (tertiary/aromatic N) is 2. The lowest BCUT2D eigenvalue weighted by Gasteiger charge is -2.11. The number of aryl methyl sites for hydroxylation is 2. The van der Waals surface area contributed by atoms with Crippen LogP contribution in [0, 0.1) is 6.92 Å². The molecule has 0 aliphatic carbocycles. The number of hydrogen-bond acceptors (Lipinski definition) is 3. The largest absolute Gasteiger partial charge is 0.497 e. The van der Waals surface area contributed by atoms with Gasteiger partial charge in [0.2, 0.25) is 0 Å². The molecule has 0 atom stereocenters. The third kappa shape index (κ3) is 3.10. The molecule has 0 unspecified atom stereocenters. The highest BCUT2D eigenvalue weighted by atomic mass is 79.9. The van der Waals surface area contributed by atoms with Crippen LogP contribution in [0.4, 0.5) is 5.69 Å². The Labute approximate surface area is 132 Å². The minimum Gasteiger partial charge on any atom is -0.497 e. The average Bonchev–Trinajstić information content (AvgIpc) is 2.73. The van der Waals surface area contributed by atoms with E-state index in [-0.39, 0.29) is 0 Å². The van der Waals surface area contributed by atoms with E-state index in [1.807, 2.05) is 29.8 Å². The quantitative estimate of drug-likeness (QED) is 0.868. The number of benzene rings is 1. The molecule has 6 heteroatoms. The Balaban J connectivity index is 2.20. The topological polar surface area (TPSA) is 39.1 Å². The predicted octanol–water partition coefficient (Wildman–Crippen LogP) is 4.25. The maximum Gasteiger partial charge on any atom is 0.121 e. The maximum atomic E-state index is 6.19. The number of nitrogens with one attached hydrogen (secondary N) is 1. The van der Waals surface area contributed by atoms with E-state index in [2.05, 4.69) is 33.3 Å². The molecular formula is C14H17BrClN3O. The highest BCUT2D eigenvalue weighted by molar-refractivity contribution is 9.10. The smallest absolute Gasteiger partial charge is 0.121 e. The van der Waals surface area contributed by atoms with Crippen LogP contribution in [0.2, 0.25) is 5.02 Å². The number of rotatable bonds is 5. The average molecular weight is 359 g/mol. The molecule has 1 N–H and O–H groups in total. The second-order valence-electron chi connectivity index (χ2n) is 4.36. The Morgan fingerprint density at radius 3 is 2.85 bits per heavy atom. The van der Waals surface area contributed by atoms with Crippen LogP contribution < -0.4 is 10.1 Å². The molecule has 1 aromatic carbocycles. The Morgan fingerprint density at radius 1 is 1.45 bits per heavy atom. The molecule has 0 bridgehead atoms. The summed E-state index contributed by atoms with van der Waals surface area (Å²) in [5, 5.41) is 8.47. The Kier molecular flexibility index (Phi) is 4.94. The lowest BCUT2D eigenvalue weighted by Crippen LogP contribution is -2.08. The van der Waals surface area contributed by atoms with E-state index in [1.165, 1.54) is 0 Å². The fraction of sp³-hybridized carbons (Fsp3) is 0.357. The summed E-state index contributed by atoms with van der Waals surface area (Å²) in [4.78, 5) is 0. The first kappa shape index (κ1) is 15.2. The second kappa shape index (κ2) is 6.50. The molecule has 2 rings (SSSR count). The van der Waals surface area contributed by atoms with E-state index in [4.69, 9.17) is 16.3 Å². The zero-order chi connectivity index (χ0) is 14.7. The summed E-state index contributed by atoms with van der Waals surface area (Å²) in [6.45, 7) is 5.52. The van der Waals surface area contributed by atoms with Crippen LogP contribution in [0.3, 0.4) is 0 Å². The molecule has 2 aromatic rings. The molecule has 20 heavy (non-hydrogen) atoms. The first-order valence-electron chi connectivity index (χ1n) is 6.36. The van der Waals surface area contributed by atoms with E-state index < -0.39 is 0 Å². The summed E-state index contributed by atoms with van der Waals surface area (Å²) < 4.78 is 8.22. The van der Waals surface area contributed by atoms with Crippen LogP contribution in [0.5, 0.6) is 5.75 Å². The minimum atomic E-state index is 0.641. The van der Waals surface area contributed by atoms with Crippen LogP contribution in [-0.2, 0) is 13.1 Å². The molecule has 4 nitrogen and oxygen atoms in total. The summed E-state index contributed by atoms with van der Waals surface area (Å²) in [6, 6.07) is 5.54. The molecule has 0 aliphatic rings. The van der Waals surface area contributed by atoms with Gasteiger partial charge in [-0.25, -0.2) is 0 Å². The van der Waals surface area contributed by atoms with Crippen LogP contribution in [0.15, 0.2) is 22.7 Å². The van der Waals surface area contributed by atoms with E-state index in [1.54, 1.807) is 7.11 Å². The summed E-state index contributed by atoms with van der Waals surface area (Å²) >= 11 is 9.77. The lowest BCUT2D eigenvalue weighted by molar-refractivity contribution is 0.415. The number of hydrogen-bond donors (Lipinski definition) is 1. The van der Waals surface area contributed by atoms with Crippen LogP contribution in [0.25, 0.3) is 0 Å². The highest BCUT2D eigenvalue weighted by Crippen LogP contribution is 2.28. The standard InChI is InChI=1S/C14H17BrClN3O/c1-4-19-13(14(15)9(2)18-19)8-17-12-7-10(20-3)5-6-11(12)16/h5-7,17H,4,8H2,1-3H3. The van der Waals surface area contributed by atoms with Crippen molar-refractivity contribution in [3.63, 3.8) is 0 Å². The number of ether oxygens (including phenoxy) is 1. The fourth-order valence-corrected chi connectivity index (χ4v) is 2.59. The van der Waals surface area contributed by atoms with Gasteiger partial charge < -0.3 is 10.1 Å². The summed E-state index contributed by atoms with van der Waals surface area (Å²) in [7, 11) is 1.64. The van der Waals surface area contributed by atoms with Crippen molar-refractivity contribution < 1.29 is 4.74 Å². The monoisotopic (exact) mass is 357 g/mol. The second-order valence-corrected chi connectivity index (χ2v) is 5.56. The Morgan fingerprint density at radius 2 is 2.20 bits per heavy atom. The van der Waals surface area contributed by atoms with Gasteiger partial charge in [0.05, 0.1) is 40.2 Å². The van der Waals surface area contributed by atoms with Gasteiger partial charge in [0.15, 0.2) is 0 Å². The zero-order valence-electron chi connectivity index (χ0n) is 11.7. The van der Waals surface area contributed by atoms with E-state index in [9.17, 15) is 0 Å². The SMILES string of the molecule is CCn1nc(C)c(Br)c1CNc1cc(OC)ccc1Cl. The molecular weight excluding hydrogens is 342 g/mol. The first-order valence-corrected chi connectivity index (χ1v) is 7.53. The van der Waals surface area contributed by atoms with E-state index in [0.29, 0.717) is 11.6 Å². The normalized spacial score (nSPS) is 10.7. The Hall–Kier alpha value is -1.20. The van der Waals surface area contributed by atoms with Crippen molar-refractivity contribution in [2.45, 2.75) is 26.9 Å². The van der Waals surface area contributed by atoms with Crippen molar-refractivity contribution in [3.8, 4) is 5.75 Å². The van der Waals surface area contributed by atoms with Gasteiger partial charge in [0.25, 0.3) is 0 Å². The number of aromatic nitrogens is 2. The van der Waals surface area contributed by atoms with Crippen molar-refractivity contribution in [1.29, 1.82) is 0 Å². The number of methoxy groups -OCH3 is 1. The summed E-state index contributed by atoms with van der Waals surface area (Å²) in [5.74, 6) is 0.774. The molecule has 0 fully saturated rings. The highest BCUT2D eigenvalue weighted by Gasteiger charge is 2.12. The van der Waals surface area contributed by atoms with Crippen molar-refractivity contribution in [3.05, 3.63) is 39.1 Å². The van der Waals surface area contributed by atoms with E-state index >= 15 is 0 Å². The summed E-state index contributed by atoms with van der Waals surface area (Å²) in [6.07, 6.45) is 0. The number of halogens is 2. The molecule has 0 spiro atoms. The van der Waals surface area contributed by atoms with Crippen LogP contribution >= 0.6 is 27.5 Å². The van der Waals surface area contributed by atoms with Crippen molar-refractivity contribution in [2.24, 2.45) is 0 Å². The molecule has 0 radical (unpaired) electrons. The van der Waals surface area contributed by atoms with E-state index in [0.717, 1.165) is 33.8 Å². The minimum absolute atomic E-state index is 0.641. The molecule has 108 valence electrons. The predicted molar refractivity (Wildman–Crippen MR) is 85.7 cm³/mol. The third-order valence-corrected chi connectivity index (χ3v) is 4.43. The van der Waals surface area contributed by atoms with Gasteiger partial charge in [-0.05, 0) is 41.9 Å². The molecule has 1 heterocycles. The van der Waals surface area contributed by atoms with Gasteiger partial charge in [0.1, 0.15) is 5.75 Å². The van der Waals surface area contributed by atoms with Gasteiger partial charge in [-0.3, -0.25) is 4.68 Å². The molecule has 0 saturated heterocycles. The lowest BCUT2D eigenvalue weighted by atomic mass is 10.3. The third-order valence-electron chi connectivity index (χ3n) is 3.07. The van der Waals surface area contributed by atoms with Gasteiger partial charge >= 0.3 is 0 Å². The van der Waals surface area contributed by atoms with Crippen LogP contribution in [0.1, 0.15) is 18.3 Å². The molecule has 0 aliphatic heterocycles. The van der Waals surface area contributed by atoms with Gasteiger partial charge in [0, 0.05) is 12.6 Å². The summed E-state index contributed by atoms with van der Waals surface area (Å²) in [5.41, 5.74) is 2.93. The first-order chi connectivity index (χ1) is 9.56. The molecule has 1 aromatic heterocycles. The van der Waals surface area contributed by atoms with Crippen molar-refractivity contribution in [2.75, 3.05) is 12.4 Å². The van der Waals surface area contributed by atoms with Crippen LogP contribution in [-0.4, -0.2) is 16.9 Å². The van der Waals surface area contributed by atoms with Crippen molar-refractivity contribution >= 4 is 33.2 Å². The molecule has 0 amide bonds. The number of anilines is 1. The Bertz CT molecular complexity index is 613. The van der Waals surface area contributed by atoms with Gasteiger partial charge in [-0.1, -0.05) is 11.6 Å². The fourth-order valence-electron chi connectivity index (χ4n) is 1.98. The molecule has 0 saturated carbocycles. The van der Waals surface area contributed by atoms with Gasteiger partial charge in [-0.2, -0.15) is 5.10 Å². The van der Waals surface area contributed by atoms with Gasteiger partial charge in [-0.15, -0.1) is 0 Å². The van der Waals surface area contributed by atoms with Crippen molar-refractivity contribution in [1.82, 2.24) is 9.78 Å². The zero-order valence-corrected chi connectivity index (χ0v) is 14.0.